The zero-order valence-corrected chi connectivity index (χ0v) is 11.2. The smallest absolute Gasteiger partial charge is 0.239 e. The molecule has 0 aliphatic carbocycles. The molecule has 19 heavy (non-hydrogen) atoms. The van der Waals surface area contributed by atoms with Crippen LogP contribution in [0, 0.1) is 0 Å². The van der Waals surface area contributed by atoms with E-state index in [-0.39, 0.29) is 18.5 Å². The predicted octanol–water partition coefficient (Wildman–Crippen LogP) is 0.975. The Bertz CT molecular complexity index is 417. The van der Waals surface area contributed by atoms with Crippen molar-refractivity contribution >= 4 is 11.6 Å². The Morgan fingerprint density at radius 3 is 3.05 bits per heavy atom. The molecular weight excluding hydrogens is 242 g/mol. The minimum absolute atomic E-state index is 0.0135. The van der Waals surface area contributed by atoms with Gasteiger partial charge in [-0.1, -0.05) is 12.1 Å². The molecule has 0 aromatic heterocycles. The van der Waals surface area contributed by atoms with Crippen molar-refractivity contribution in [3.05, 3.63) is 24.3 Å². The molecule has 2 rings (SSSR count). The summed E-state index contributed by atoms with van der Waals surface area (Å²) in [6, 6.07) is 7.83. The molecule has 104 valence electrons. The molecule has 1 aliphatic rings. The van der Waals surface area contributed by atoms with Gasteiger partial charge in [0.2, 0.25) is 5.91 Å². The van der Waals surface area contributed by atoms with Gasteiger partial charge in [0.25, 0.3) is 0 Å². The van der Waals surface area contributed by atoms with E-state index in [0.29, 0.717) is 0 Å². The first kappa shape index (κ1) is 13.7. The van der Waals surface area contributed by atoms with Crippen molar-refractivity contribution in [3.63, 3.8) is 0 Å². The largest absolute Gasteiger partial charge is 0.495 e. The number of carbonyl (C=O) groups excluding carboxylic acids is 1. The van der Waals surface area contributed by atoms with Crippen molar-refractivity contribution in [3.8, 4) is 5.75 Å². The van der Waals surface area contributed by atoms with E-state index in [1.165, 1.54) is 0 Å². The second-order valence-corrected chi connectivity index (χ2v) is 4.66. The number of methoxy groups -OCH3 is 1. The fraction of sp³-hybridized carbons (Fsp3) is 0.500. The van der Waals surface area contributed by atoms with E-state index in [9.17, 15) is 4.79 Å². The van der Waals surface area contributed by atoms with E-state index < -0.39 is 0 Å². The van der Waals surface area contributed by atoms with Gasteiger partial charge in [0.15, 0.2) is 0 Å². The van der Waals surface area contributed by atoms with Gasteiger partial charge in [-0.05, 0) is 31.5 Å². The Hall–Kier alpha value is -1.75. The number of rotatable bonds is 5. The molecule has 1 atom stereocenters. The van der Waals surface area contributed by atoms with E-state index in [4.69, 9.17) is 4.74 Å². The van der Waals surface area contributed by atoms with Crippen molar-refractivity contribution in [2.45, 2.75) is 18.9 Å². The maximum Gasteiger partial charge on any atom is 0.239 e. The lowest BCUT2D eigenvalue weighted by Gasteiger charge is -2.24. The van der Waals surface area contributed by atoms with Gasteiger partial charge in [-0.15, -0.1) is 0 Å². The number of para-hydroxylation sites is 2. The van der Waals surface area contributed by atoms with Crippen LogP contribution in [0.4, 0.5) is 5.69 Å². The molecule has 3 N–H and O–H groups in total. The van der Waals surface area contributed by atoms with Gasteiger partial charge in [0.05, 0.1) is 19.3 Å². The van der Waals surface area contributed by atoms with Gasteiger partial charge in [0, 0.05) is 12.6 Å². The molecule has 1 aromatic rings. The first-order valence-electron chi connectivity index (χ1n) is 6.66. The average molecular weight is 263 g/mol. The van der Waals surface area contributed by atoms with Crippen LogP contribution in [0.25, 0.3) is 0 Å². The number of hydrogen-bond donors (Lipinski definition) is 3. The van der Waals surface area contributed by atoms with Crippen LogP contribution in [-0.4, -0.2) is 38.7 Å². The predicted molar refractivity (Wildman–Crippen MR) is 75.5 cm³/mol. The molecule has 0 radical (unpaired) electrons. The first-order chi connectivity index (χ1) is 9.29. The minimum Gasteiger partial charge on any atom is -0.495 e. The molecule has 1 saturated heterocycles. The van der Waals surface area contributed by atoms with Crippen LogP contribution >= 0.6 is 0 Å². The van der Waals surface area contributed by atoms with Gasteiger partial charge >= 0.3 is 0 Å². The second kappa shape index (κ2) is 6.99. The fourth-order valence-corrected chi connectivity index (χ4v) is 2.22. The highest BCUT2D eigenvalue weighted by Crippen LogP contribution is 2.22. The average Bonchev–Trinajstić information content (AvgIpc) is 2.46. The summed E-state index contributed by atoms with van der Waals surface area (Å²) < 4.78 is 5.22. The Balaban J connectivity index is 1.79. The van der Waals surface area contributed by atoms with Crippen LogP contribution in [0.3, 0.4) is 0 Å². The number of ether oxygens (including phenoxy) is 1. The van der Waals surface area contributed by atoms with Crippen LogP contribution in [0.1, 0.15) is 12.8 Å². The fourth-order valence-electron chi connectivity index (χ4n) is 2.22. The van der Waals surface area contributed by atoms with Crippen LogP contribution in [-0.2, 0) is 4.79 Å². The molecule has 0 bridgehead atoms. The zero-order valence-electron chi connectivity index (χ0n) is 11.2. The lowest BCUT2D eigenvalue weighted by atomic mass is 10.1. The molecule has 1 unspecified atom stereocenters. The van der Waals surface area contributed by atoms with Crippen molar-refractivity contribution in [2.75, 3.05) is 32.1 Å². The number of anilines is 1. The monoisotopic (exact) mass is 263 g/mol. The standard InChI is InChI=1S/C14H21N3O2/c1-19-13-7-3-2-6-12(13)16-10-14(18)17-11-5-4-8-15-9-11/h2-3,6-7,11,15-16H,4-5,8-10H2,1H3,(H,17,18). The molecule has 1 aromatic carbocycles. The number of hydrogen-bond acceptors (Lipinski definition) is 4. The third-order valence-corrected chi connectivity index (χ3v) is 3.21. The Morgan fingerprint density at radius 2 is 2.32 bits per heavy atom. The number of nitrogens with one attached hydrogen (secondary N) is 3. The van der Waals surface area contributed by atoms with Crippen molar-refractivity contribution in [2.24, 2.45) is 0 Å². The van der Waals surface area contributed by atoms with Crippen molar-refractivity contribution < 1.29 is 9.53 Å². The molecule has 1 heterocycles. The summed E-state index contributed by atoms with van der Waals surface area (Å²) in [6.07, 6.45) is 2.16. The van der Waals surface area contributed by atoms with Gasteiger partial charge in [-0.3, -0.25) is 4.79 Å². The van der Waals surface area contributed by atoms with Crippen molar-refractivity contribution in [1.29, 1.82) is 0 Å². The summed E-state index contributed by atoms with van der Waals surface area (Å²) in [5.74, 6) is 0.759. The Labute approximate surface area is 113 Å². The summed E-state index contributed by atoms with van der Waals surface area (Å²) >= 11 is 0. The molecular formula is C14H21N3O2. The quantitative estimate of drug-likeness (QED) is 0.741. The Morgan fingerprint density at radius 1 is 1.47 bits per heavy atom. The van der Waals surface area contributed by atoms with Gasteiger partial charge in [-0.25, -0.2) is 0 Å². The number of benzene rings is 1. The molecule has 1 amide bonds. The molecule has 5 heteroatoms. The van der Waals surface area contributed by atoms with Crippen LogP contribution in [0.15, 0.2) is 24.3 Å². The summed E-state index contributed by atoms with van der Waals surface area (Å²) in [5.41, 5.74) is 0.835. The van der Waals surface area contributed by atoms with Crippen LogP contribution < -0.4 is 20.7 Å². The lowest BCUT2D eigenvalue weighted by molar-refractivity contribution is -0.120. The maximum atomic E-state index is 11.8. The molecule has 1 aliphatic heterocycles. The van der Waals surface area contributed by atoms with E-state index in [1.807, 2.05) is 24.3 Å². The zero-order chi connectivity index (χ0) is 13.5. The SMILES string of the molecule is COc1ccccc1NCC(=O)NC1CCCNC1. The van der Waals surface area contributed by atoms with Crippen LogP contribution in [0.5, 0.6) is 5.75 Å². The molecule has 5 nitrogen and oxygen atoms in total. The second-order valence-electron chi connectivity index (χ2n) is 4.66. The van der Waals surface area contributed by atoms with E-state index in [1.54, 1.807) is 7.11 Å². The highest BCUT2D eigenvalue weighted by Gasteiger charge is 2.15. The van der Waals surface area contributed by atoms with Gasteiger partial charge < -0.3 is 20.7 Å². The minimum atomic E-state index is 0.0135. The molecule has 0 saturated carbocycles. The topological polar surface area (TPSA) is 62.4 Å². The highest BCUT2D eigenvalue weighted by molar-refractivity contribution is 5.81. The Kier molecular flexibility index (Phi) is 5.03. The summed E-state index contributed by atoms with van der Waals surface area (Å²) in [4.78, 5) is 11.8. The first-order valence-corrected chi connectivity index (χ1v) is 6.66. The highest BCUT2D eigenvalue weighted by atomic mass is 16.5. The summed E-state index contributed by atoms with van der Waals surface area (Å²) in [6.45, 7) is 2.17. The maximum absolute atomic E-state index is 11.8. The number of carbonyl (C=O) groups is 1. The third kappa shape index (κ3) is 4.13. The molecule has 1 fully saturated rings. The van der Waals surface area contributed by atoms with Crippen LogP contribution in [0.2, 0.25) is 0 Å². The lowest BCUT2D eigenvalue weighted by Crippen LogP contribution is -2.47. The third-order valence-electron chi connectivity index (χ3n) is 3.21. The van der Waals surface area contributed by atoms with E-state index in [2.05, 4.69) is 16.0 Å². The van der Waals surface area contributed by atoms with E-state index >= 15 is 0 Å². The number of amides is 1. The van der Waals surface area contributed by atoms with E-state index in [0.717, 1.165) is 37.4 Å². The van der Waals surface area contributed by atoms with Gasteiger partial charge in [-0.2, -0.15) is 0 Å². The number of piperidine rings is 1. The van der Waals surface area contributed by atoms with Crippen molar-refractivity contribution in [1.82, 2.24) is 10.6 Å². The summed E-state index contributed by atoms with van der Waals surface area (Å²) in [5, 5.41) is 9.40. The van der Waals surface area contributed by atoms with Gasteiger partial charge in [0.1, 0.15) is 5.75 Å². The summed E-state index contributed by atoms with van der Waals surface area (Å²) in [7, 11) is 1.62. The molecule has 0 spiro atoms. The normalized spacial score (nSPS) is 18.7.